The molecular formula is C16H32O2S. The first-order valence-corrected chi connectivity index (χ1v) is 8.42. The largest absolute Gasteiger partial charge is 0.460 e. The van der Waals surface area contributed by atoms with Gasteiger partial charge >= 0.3 is 5.24 Å². The number of unbranched alkanes of at least 4 members (excludes halogenated alkanes) is 11. The van der Waals surface area contributed by atoms with Crippen LogP contribution < -0.4 is 0 Å². The third-order valence-electron chi connectivity index (χ3n) is 3.38. The number of rotatable bonds is 13. The lowest BCUT2D eigenvalue weighted by Crippen LogP contribution is -2.04. The van der Waals surface area contributed by atoms with Crippen LogP contribution in [0.15, 0.2) is 0 Å². The van der Waals surface area contributed by atoms with E-state index in [-0.39, 0.29) is 5.24 Å². The summed E-state index contributed by atoms with van der Waals surface area (Å²) < 4.78 is 9.96. The Labute approximate surface area is 125 Å². The minimum Gasteiger partial charge on any atom is -0.460 e. The SMILES string of the molecule is CCCCCCCCCCCCCCOC(=S)OC. The van der Waals surface area contributed by atoms with E-state index in [9.17, 15) is 0 Å². The summed E-state index contributed by atoms with van der Waals surface area (Å²) in [5.41, 5.74) is 0. The molecule has 0 aliphatic carbocycles. The molecule has 0 amide bonds. The van der Waals surface area contributed by atoms with Gasteiger partial charge in [0, 0.05) is 12.2 Å². The molecular weight excluding hydrogens is 256 g/mol. The summed E-state index contributed by atoms with van der Waals surface area (Å²) in [5.74, 6) is 0. The summed E-state index contributed by atoms with van der Waals surface area (Å²) in [4.78, 5) is 0. The van der Waals surface area contributed by atoms with Crippen molar-refractivity contribution in [3.63, 3.8) is 0 Å². The van der Waals surface area contributed by atoms with Gasteiger partial charge in [0.25, 0.3) is 0 Å². The number of thiocarbonyl (C=S) groups is 1. The average molecular weight is 288 g/mol. The van der Waals surface area contributed by atoms with Gasteiger partial charge in [0.15, 0.2) is 0 Å². The highest BCUT2D eigenvalue weighted by atomic mass is 32.1. The maximum atomic E-state index is 5.19. The second-order valence-corrected chi connectivity index (χ2v) is 5.53. The van der Waals surface area contributed by atoms with Gasteiger partial charge in [0.05, 0.1) is 13.7 Å². The Morgan fingerprint density at radius 3 is 1.58 bits per heavy atom. The second kappa shape index (κ2) is 15.7. The molecule has 0 aromatic heterocycles. The van der Waals surface area contributed by atoms with Crippen LogP contribution in [0.4, 0.5) is 0 Å². The van der Waals surface area contributed by atoms with E-state index in [0.717, 1.165) is 6.42 Å². The van der Waals surface area contributed by atoms with Crippen molar-refractivity contribution in [1.29, 1.82) is 0 Å². The minimum absolute atomic E-state index is 0.267. The molecule has 3 heteroatoms. The Morgan fingerprint density at radius 1 is 0.737 bits per heavy atom. The molecule has 0 aromatic carbocycles. The summed E-state index contributed by atoms with van der Waals surface area (Å²) in [7, 11) is 1.55. The van der Waals surface area contributed by atoms with Gasteiger partial charge < -0.3 is 9.47 Å². The fourth-order valence-electron chi connectivity index (χ4n) is 2.16. The van der Waals surface area contributed by atoms with E-state index in [1.807, 2.05) is 0 Å². The molecule has 0 atom stereocenters. The maximum absolute atomic E-state index is 5.19. The number of ether oxygens (including phenoxy) is 2. The predicted octanol–water partition coefficient (Wildman–Crippen LogP) is 5.64. The standard InChI is InChI=1S/C16H32O2S/c1-3-4-5-6-7-8-9-10-11-12-13-14-15-18-16(19)17-2/h3-15H2,1-2H3. The molecule has 0 bridgehead atoms. The summed E-state index contributed by atoms with van der Waals surface area (Å²) in [6.07, 6.45) is 16.3. The highest BCUT2D eigenvalue weighted by molar-refractivity contribution is 7.79. The highest BCUT2D eigenvalue weighted by Gasteiger charge is 1.96. The van der Waals surface area contributed by atoms with Crippen LogP contribution >= 0.6 is 12.2 Å². The normalized spacial score (nSPS) is 10.4. The van der Waals surface area contributed by atoms with Crippen molar-refractivity contribution in [1.82, 2.24) is 0 Å². The summed E-state index contributed by atoms with van der Waals surface area (Å²) in [5, 5.41) is 0.267. The van der Waals surface area contributed by atoms with E-state index in [1.54, 1.807) is 7.11 Å². The molecule has 0 N–H and O–H groups in total. The molecule has 0 fully saturated rings. The zero-order valence-electron chi connectivity index (χ0n) is 12.9. The van der Waals surface area contributed by atoms with Gasteiger partial charge in [-0.25, -0.2) is 0 Å². The van der Waals surface area contributed by atoms with Crippen LogP contribution in [0, 0.1) is 0 Å². The Morgan fingerprint density at radius 2 is 1.16 bits per heavy atom. The van der Waals surface area contributed by atoms with E-state index >= 15 is 0 Å². The molecule has 0 aliphatic heterocycles. The van der Waals surface area contributed by atoms with Crippen molar-refractivity contribution in [3.05, 3.63) is 0 Å². The van der Waals surface area contributed by atoms with Gasteiger partial charge in [-0.2, -0.15) is 0 Å². The quantitative estimate of drug-likeness (QED) is 0.323. The smallest absolute Gasteiger partial charge is 0.351 e. The van der Waals surface area contributed by atoms with Crippen LogP contribution in [0.1, 0.15) is 84.0 Å². The molecule has 0 heterocycles. The van der Waals surface area contributed by atoms with E-state index < -0.39 is 0 Å². The van der Waals surface area contributed by atoms with Crippen LogP contribution in [0.25, 0.3) is 0 Å². The second-order valence-electron chi connectivity index (χ2n) is 5.19. The van der Waals surface area contributed by atoms with Crippen LogP contribution in [-0.4, -0.2) is 19.0 Å². The third-order valence-corrected chi connectivity index (χ3v) is 3.67. The average Bonchev–Trinajstić information content (AvgIpc) is 2.43. The van der Waals surface area contributed by atoms with Crippen LogP contribution in [0.5, 0.6) is 0 Å². The zero-order valence-corrected chi connectivity index (χ0v) is 13.7. The zero-order chi connectivity index (χ0) is 14.2. The van der Waals surface area contributed by atoms with E-state index in [4.69, 9.17) is 21.7 Å². The Hall–Kier alpha value is -0.310. The van der Waals surface area contributed by atoms with Gasteiger partial charge in [-0.05, 0) is 6.42 Å². The van der Waals surface area contributed by atoms with Crippen LogP contribution in [0.2, 0.25) is 0 Å². The monoisotopic (exact) mass is 288 g/mol. The summed E-state index contributed by atoms with van der Waals surface area (Å²) >= 11 is 4.80. The van der Waals surface area contributed by atoms with Crippen LogP contribution in [-0.2, 0) is 9.47 Å². The lowest BCUT2D eigenvalue weighted by molar-refractivity contribution is 0.205. The highest BCUT2D eigenvalue weighted by Crippen LogP contribution is 2.11. The van der Waals surface area contributed by atoms with Gasteiger partial charge in [0.2, 0.25) is 0 Å². The molecule has 0 saturated carbocycles. The van der Waals surface area contributed by atoms with Crippen molar-refractivity contribution >= 4 is 17.5 Å². The van der Waals surface area contributed by atoms with E-state index in [1.165, 1.54) is 70.6 Å². The Balaban J connectivity index is 2.97. The molecule has 0 aromatic rings. The Kier molecular flexibility index (Phi) is 15.5. The molecule has 0 radical (unpaired) electrons. The fraction of sp³-hybridized carbons (Fsp3) is 0.938. The topological polar surface area (TPSA) is 18.5 Å². The fourth-order valence-corrected chi connectivity index (χ4v) is 2.24. The molecule has 0 spiro atoms. The van der Waals surface area contributed by atoms with Crippen molar-refractivity contribution in [2.24, 2.45) is 0 Å². The first-order chi connectivity index (χ1) is 9.31. The van der Waals surface area contributed by atoms with Gasteiger partial charge in [-0.15, -0.1) is 0 Å². The molecule has 19 heavy (non-hydrogen) atoms. The van der Waals surface area contributed by atoms with Gasteiger partial charge in [0.1, 0.15) is 0 Å². The van der Waals surface area contributed by atoms with Crippen LogP contribution in [0.3, 0.4) is 0 Å². The number of methoxy groups -OCH3 is 1. The van der Waals surface area contributed by atoms with Crippen molar-refractivity contribution < 1.29 is 9.47 Å². The summed E-state index contributed by atoms with van der Waals surface area (Å²) in [6, 6.07) is 0. The maximum Gasteiger partial charge on any atom is 0.351 e. The summed E-state index contributed by atoms with van der Waals surface area (Å²) in [6.45, 7) is 2.97. The molecule has 0 saturated heterocycles. The predicted molar refractivity (Wildman–Crippen MR) is 86.6 cm³/mol. The molecule has 0 aliphatic rings. The van der Waals surface area contributed by atoms with E-state index in [0.29, 0.717) is 6.61 Å². The molecule has 114 valence electrons. The van der Waals surface area contributed by atoms with Gasteiger partial charge in [-0.3, -0.25) is 0 Å². The van der Waals surface area contributed by atoms with Crippen molar-refractivity contribution in [2.75, 3.05) is 13.7 Å². The molecule has 2 nitrogen and oxygen atoms in total. The first kappa shape index (κ1) is 18.7. The third kappa shape index (κ3) is 15.6. The minimum atomic E-state index is 0.267. The molecule has 0 unspecified atom stereocenters. The lowest BCUT2D eigenvalue weighted by atomic mass is 10.1. The van der Waals surface area contributed by atoms with Crippen molar-refractivity contribution in [2.45, 2.75) is 84.0 Å². The number of hydrogen-bond donors (Lipinski definition) is 0. The number of hydrogen-bond acceptors (Lipinski definition) is 3. The first-order valence-electron chi connectivity index (χ1n) is 8.02. The van der Waals surface area contributed by atoms with E-state index in [2.05, 4.69) is 6.92 Å². The molecule has 0 rings (SSSR count). The Bertz CT molecular complexity index is 195. The van der Waals surface area contributed by atoms with Crippen molar-refractivity contribution in [3.8, 4) is 0 Å². The lowest BCUT2D eigenvalue weighted by Gasteiger charge is -2.05. The van der Waals surface area contributed by atoms with Gasteiger partial charge in [-0.1, -0.05) is 77.6 Å².